The number of aromatic nitrogens is 1. The van der Waals surface area contributed by atoms with Gasteiger partial charge in [0.2, 0.25) is 0 Å². The van der Waals surface area contributed by atoms with Crippen LogP contribution in [0, 0.1) is 0 Å². The molecule has 1 aromatic carbocycles. The molecular weight excluding hydrogens is 226 g/mol. The molecule has 0 aliphatic rings. The number of benzene rings is 1. The zero-order valence-electron chi connectivity index (χ0n) is 8.59. The standard InChI is InChI=1S/C11H12ClN3O/c12-8-1-2-10-9(5-8)7(6-15-10)3-4-14-11(13)16/h1-2,5-6,15H,3-4H2,(H3,13,14,16). The third-order valence-corrected chi connectivity index (χ3v) is 2.66. The van der Waals surface area contributed by atoms with E-state index in [0.29, 0.717) is 11.6 Å². The van der Waals surface area contributed by atoms with Gasteiger partial charge in [-0.25, -0.2) is 4.79 Å². The normalized spacial score (nSPS) is 10.6. The smallest absolute Gasteiger partial charge is 0.312 e. The first kappa shape index (κ1) is 10.8. The fourth-order valence-electron chi connectivity index (χ4n) is 1.68. The van der Waals surface area contributed by atoms with Gasteiger partial charge in [-0.05, 0) is 30.2 Å². The topological polar surface area (TPSA) is 70.9 Å². The maximum Gasteiger partial charge on any atom is 0.312 e. The summed E-state index contributed by atoms with van der Waals surface area (Å²) in [6, 6.07) is 5.18. The third kappa shape index (κ3) is 2.28. The summed E-state index contributed by atoms with van der Waals surface area (Å²) >= 11 is 5.93. The number of fused-ring (bicyclic) bond motifs is 1. The van der Waals surface area contributed by atoms with Crippen LogP contribution in [-0.4, -0.2) is 17.6 Å². The van der Waals surface area contributed by atoms with Gasteiger partial charge in [0, 0.05) is 28.7 Å². The number of urea groups is 1. The van der Waals surface area contributed by atoms with Crippen molar-refractivity contribution in [3.8, 4) is 0 Å². The fourth-order valence-corrected chi connectivity index (χ4v) is 1.85. The molecule has 2 rings (SSSR count). The molecule has 0 spiro atoms. The lowest BCUT2D eigenvalue weighted by Crippen LogP contribution is -2.30. The molecule has 2 amide bonds. The first-order valence-electron chi connectivity index (χ1n) is 4.95. The van der Waals surface area contributed by atoms with E-state index in [1.165, 1.54) is 0 Å². The fraction of sp³-hybridized carbons (Fsp3) is 0.182. The molecule has 0 saturated heterocycles. The SMILES string of the molecule is NC(=O)NCCc1c[nH]c2ccc(Cl)cc12. The Morgan fingerprint density at radius 3 is 3.06 bits per heavy atom. The Kier molecular flexibility index (Phi) is 3.01. The lowest BCUT2D eigenvalue weighted by Gasteiger charge is -2.00. The van der Waals surface area contributed by atoms with Gasteiger partial charge in [0.1, 0.15) is 0 Å². The van der Waals surface area contributed by atoms with Crippen molar-refractivity contribution in [3.63, 3.8) is 0 Å². The predicted octanol–water partition coefficient (Wildman–Crippen LogP) is 2.03. The summed E-state index contributed by atoms with van der Waals surface area (Å²) in [7, 11) is 0. The molecule has 0 aliphatic heterocycles. The average molecular weight is 238 g/mol. The highest BCUT2D eigenvalue weighted by atomic mass is 35.5. The summed E-state index contributed by atoms with van der Waals surface area (Å²) < 4.78 is 0. The Balaban J connectivity index is 2.17. The number of halogens is 1. The molecule has 0 bridgehead atoms. The van der Waals surface area contributed by atoms with E-state index < -0.39 is 6.03 Å². The van der Waals surface area contributed by atoms with Gasteiger partial charge in [0.25, 0.3) is 0 Å². The van der Waals surface area contributed by atoms with E-state index in [1.54, 1.807) is 0 Å². The Labute approximate surface area is 97.8 Å². The summed E-state index contributed by atoms with van der Waals surface area (Å²) in [5.41, 5.74) is 7.15. The maximum atomic E-state index is 10.5. The van der Waals surface area contributed by atoms with E-state index in [1.807, 2.05) is 24.4 Å². The minimum atomic E-state index is -0.502. The van der Waals surface area contributed by atoms with E-state index in [4.69, 9.17) is 17.3 Å². The van der Waals surface area contributed by atoms with E-state index in [2.05, 4.69) is 10.3 Å². The highest BCUT2D eigenvalue weighted by Gasteiger charge is 2.04. The van der Waals surface area contributed by atoms with Crippen LogP contribution in [0.5, 0.6) is 0 Å². The van der Waals surface area contributed by atoms with Gasteiger partial charge in [0.05, 0.1) is 0 Å². The van der Waals surface area contributed by atoms with Crippen molar-refractivity contribution >= 4 is 28.5 Å². The molecule has 1 heterocycles. The van der Waals surface area contributed by atoms with Gasteiger partial charge in [-0.15, -0.1) is 0 Å². The Morgan fingerprint density at radius 2 is 2.31 bits per heavy atom. The van der Waals surface area contributed by atoms with Crippen molar-refractivity contribution in [2.75, 3.05) is 6.54 Å². The molecular formula is C11H12ClN3O. The van der Waals surface area contributed by atoms with Crippen molar-refractivity contribution in [2.45, 2.75) is 6.42 Å². The van der Waals surface area contributed by atoms with Crippen molar-refractivity contribution in [3.05, 3.63) is 35.0 Å². The monoisotopic (exact) mass is 237 g/mol. The molecule has 0 fully saturated rings. The van der Waals surface area contributed by atoms with E-state index in [9.17, 15) is 4.79 Å². The minimum Gasteiger partial charge on any atom is -0.361 e. The summed E-state index contributed by atoms with van der Waals surface area (Å²) in [5, 5.41) is 4.34. The zero-order valence-corrected chi connectivity index (χ0v) is 9.34. The largest absolute Gasteiger partial charge is 0.361 e. The van der Waals surface area contributed by atoms with Crippen LogP contribution in [0.2, 0.25) is 5.02 Å². The number of primary amides is 1. The molecule has 0 aliphatic carbocycles. The Morgan fingerprint density at radius 1 is 1.50 bits per heavy atom. The Hall–Kier alpha value is -1.68. The molecule has 0 unspecified atom stereocenters. The van der Waals surface area contributed by atoms with Gasteiger partial charge in [-0.3, -0.25) is 0 Å². The van der Waals surface area contributed by atoms with Crippen molar-refractivity contribution < 1.29 is 4.79 Å². The molecule has 1 aromatic heterocycles. The number of carbonyl (C=O) groups excluding carboxylic acids is 1. The van der Waals surface area contributed by atoms with Crippen LogP contribution < -0.4 is 11.1 Å². The van der Waals surface area contributed by atoms with E-state index in [0.717, 1.165) is 22.9 Å². The van der Waals surface area contributed by atoms with Crippen molar-refractivity contribution in [1.29, 1.82) is 0 Å². The molecule has 84 valence electrons. The highest BCUT2D eigenvalue weighted by molar-refractivity contribution is 6.31. The van der Waals surface area contributed by atoms with Gasteiger partial charge in [-0.2, -0.15) is 0 Å². The molecule has 0 atom stereocenters. The average Bonchev–Trinajstić information content (AvgIpc) is 2.60. The van der Waals surface area contributed by atoms with Crippen molar-refractivity contribution in [2.24, 2.45) is 5.73 Å². The van der Waals surface area contributed by atoms with Crippen LogP contribution in [0.15, 0.2) is 24.4 Å². The Bertz CT molecular complexity index is 521. The van der Waals surface area contributed by atoms with Gasteiger partial charge in [-0.1, -0.05) is 11.6 Å². The lowest BCUT2D eigenvalue weighted by molar-refractivity contribution is 0.249. The zero-order chi connectivity index (χ0) is 11.5. The number of nitrogens with one attached hydrogen (secondary N) is 2. The van der Waals surface area contributed by atoms with Gasteiger partial charge >= 0.3 is 6.03 Å². The number of aromatic amines is 1. The van der Waals surface area contributed by atoms with Crippen LogP contribution in [0.1, 0.15) is 5.56 Å². The number of H-pyrrole nitrogens is 1. The first-order chi connectivity index (χ1) is 7.66. The number of carbonyl (C=O) groups is 1. The number of rotatable bonds is 3. The molecule has 0 radical (unpaired) electrons. The van der Waals surface area contributed by atoms with E-state index in [-0.39, 0.29) is 0 Å². The van der Waals surface area contributed by atoms with Gasteiger partial charge in [0.15, 0.2) is 0 Å². The van der Waals surface area contributed by atoms with Crippen LogP contribution in [0.25, 0.3) is 10.9 Å². The predicted molar refractivity (Wildman–Crippen MR) is 64.6 cm³/mol. The number of hydrogen-bond donors (Lipinski definition) is 3. The maximum absolute atomic E-state index is 10.5. The summed E-state index contributed by atoms with van der Waals surface area (Å²) in [6.45, 7) is 0.523. The third-order valence-electron chi connectivity index (χ3n) is 2.42. The minimum absolute atomic E-state index is 0.502. The molecule has 4 nitrogen and oxygen atoms in total. The number of nitrogens with two attached hydrogens (primary N) is 1. The quantitative estimate of drug-likeness (QED) is 0.751. The van der Waals surface area contributed by atoms with Crippen LogP contribution >= 0.6 is 11.6 Å². The van der Waals surface area contributed by atoms with Gasteiger partial charge < -0.3 is 16.0 Å². The van der Waals surface area contributed by atoms with Crippen LogP contribution in [0.4, 0.5) is 4.79 Å². The molecule has 16 heavy (non-hydrogen) atoms. The van der Waals surface area contributed by atoms with Crippen LogP contribution in [0.3, 0.4) is 0 Å². The second kappa shape index (κ2) is 4.45. The second-order valence-electron chi connectivity index (χ2n) is 3.54. The molecule has 4 N–H and O–H groups in total. The number of amides is 2. The molecule has 5 heteroatoms. The van der Waals surface area contributed by atoms with Crippen molar-refractivity contribution in [1.82, 2.24) is 10.3 Å². The molecule has 2 aromatic rings. The summed E-state index contributed by atoms with van der Waals surface area (Å²) in [6.07, 6.45) is 2.65. The van der Waals surface area contributed by atoms with Crippen LogP contribution in [-0.2, 0) is 6.42 Å². The number of hydrogen-bond acceptors (Lipinski definition) is 1. The lowest BCUT2D eigenvalue weighted by atomic mass is 10.1. The highest BCUT2D eigenvalue weighted by Crippen LogP contribution is 2.22. The van der Waals surface area contributed by atoms with E-state index >= 15 is 0 Å². The first-order valence-corrected chi connectivity index (χ1v) is 5.33. The second-order valence-corrected chi connectivity index (χ2v) is 3.98. The summed E-state index contributed by atoms with van der Waals surface area (Å²) in [4.78, 5) is 13.7. The molecule has 0 saturated carbocycles. The summed E-state index contributed by atoms with van der Waals surface area (Å²) in [5.74, 6) is 0.